The lowest BCUT2D eigenvalue weighted by Gasteiger charge is -2.08. The average Bonchev–Trinajstić information content (AvgIpc) is 2.44. The highest BCUT2D eigenvalue weighted by molar-refractivity contribution is 7.99. The summed E-state index contributed by atoms with van der Waals surface area (Å²) < 4.78 is 0. The van der Waals surface area contributed by atoms with E-state index in [1.807, 2.05) is 26.8 Å². The molecular formula is C13H15N5OS. The zero-order valence-electron chi connectivity index (χ0n) is 11.5. The van der Waals surface area contributed by atoms with Gasteiger partial charge in [-0.1, -0.05) is 5.16 Å². The van der Waals surface area contributed by atoms with Crippen molar-refractivity contribution >= 4 is 17.6 Å². The van der Waals surface area contributed by atoms with Gasteiger partial charge in [-0.15, -0.1) is 0 Å². The van der Waals surface area contributed by atoms with Crippen molar-refractivity contribution in [1.29, 1.82) is 0 Å². The van der Waals surface area contributed by atoms with Crippen molar-refractivity contribution in [2.24, 2.45) is 10.9 Å². The Labute approximate surface area is 121 Å². The molecule has 0 aromatic carbocycles. The molecule has 0 fully saturated rings. The van der Waals surface area contributed by atoms with E-state index in [-0.39, 0.29) is 5.84 Å². The van der Waals surface area contributed by atoms with E-state index in [1.165, 1.54) is 11.8 Å². The highest BCUT2D eigenvalue weighted by Gasteiger charge is 2.12. The van der Waals surface area contributed by atoms with E-state index in [0.29, 0.717) is 10.9 Å². The topological polar surface area (TPSA) is 97.3 Å². The van der Waals surface area contributed by atoms with Crippen molar-refractivity contribution < 1.29 is 5.21 Å². The first-order valence-electron chi connectivity index (χ1n) is 5.95. The Bertz CT molecular complexity index is 649. The number of amidine groups is 1. The molecule has 0 saturated heterocycles. The van der Waals surface area contributed by atoms with Gasteiger partial charge < -0.3 is 10.9 Å². The second-order valence-electron chi connectivity index (χ2n) is 4.24. The highest BCUT2D eigenvalue weighted by Crippen LogP contribution is 2.27. The lowest BCUT2D eigenvalue weighted by Crippen LogP contribution is -2.16. The molecule has 0 aliphatic rings. The van der Waals surface area contributed by atoms with Gasteiger partial charge in [0, 0.05) is 22.5 Å². The van der Waals surface area contributed by atoms with Gasteiger partial charge >= 0.3 is 0 Å². The van der Waals surface area contributed by atoms with Crippen LogP contribution in [0.1, 0.15) is 22.6 Å². The molecular weight excluding hydrogens is 274 g/mol. The van der Waals surface area contributed by atoms with Crippen LogP contribution >= 0.6 is 11.8 Å². The number of pyridine rings is 1. The van der Waals surface area contributed by atoms with Crippen LogP contribution in [-0.4, -0.2) is 26.0 Å². The van der Waals surface area contributed by atoms with Gasteiger partial charge in [-0.3, -0.25) is 4.98 Å². The summed E-state index contributed by atoms with van der Waals surface area (Å²) in [6.45, 7) is 5.88. The number of hydrogen-bond donors (Lipinski definition) is 2. The first-order valence-corrected chi connectivity index (χ1v) is 6.77. The van der Waals surface area contributed by atoms with Crippen LogP contribution in [0.25, 0.3) is 0 Å². The summed E-state index contributed by atoms with van der Waals surface area (Å²) in [6.07, 6.45) is 1.59. The molecule has 0 radical (unpaired) electrons. The molecule has 0 atom stereocenters. The van der Waals surface area contributed by atoms with Crippen LogP contribution < -0.4 is 5.73 Å². The van der Waals surface area contributed by atoms with E-state index >= 15 is 0 Å². The molecule has 0 amide bonds. The molecule has 0 saturated carbocycles. The first kappa shape index (κ1) is 14.3. The number of nitrogens with zero attached hydrogens (tertiary/aromatic N) is 4. The Kier molecular flexibility index (Phi) is 4.19. The van der Waals surface area contributed by atoms with E-state index in [1.54, 1.807) is 12.3 Å². The standard InChI is InChI=1S/C13H15N5OS/c1-7-8(2)16-13(17-9(7)3)20-10-5-4-6-15-11(10)12(14)18-19/h4-6,19H,1-3H3,(H2,14,18). The summed E-state index contributed by atoms with van der Waals surface area (Å²) in [5.41, 5.74) is 8.99. The predicted octanol–water partition coefficient (Wildman–Crippen LogP) is 2.04. The number of hydrogen-bond acceptors (Lipinski definition) is 6. The molecule has 0 bridgehead atoms. The minimum atomic E-state index is -0.0337. The van der Waals surface area contributed by atoms with Crippen LogP contribution in [0.3, 0.4) is 0 Å². The van der Waals surface area contributed by atoms with Gasteiger partial charge in [0.05, 0.1) is 0 Å². The fraction of sp³-hybridized carbons (Fsp3) is 0.231. The SMILES string of the molecule is Cc1nc(Sc2cccnc2/C(N)=N/O)nc(C)c1C. The third kappa shape index (κ3) is 2.88. The molecule has 0 spiro atoms. The van der Waals surface area contributed by atoms with Crippen LogP contribution in [0.5, 0.6) is 0 Å². The summed E-state index contributed by atoms with van der Waals surface area (Å²) >= 11 is 1.34. The van der Waals surface area contributed by atoms with E-state index in [2.05, 4.69) is 20.1 Å². The van der Waals surface area contributed by atoms with Crippen LogP contribution in [0.15, 0.2) is 33.5 Å². The molecule has 6 nitrogen and oxygen atoms in total. The molecule has 0 aliphatic carbocycles. The number of rotatable bonds is 3. The second-order valence-corrected chi connectivity index (χ2v) is 5.25. The Morgan fingerprint density at radius 2 is 1.90 bits per heavy atom. The van der Waals surface area contributed by atoms with E-state index in [4.69, 9.17) is 10.9 Å². The average molecular weight is 289 g/mol. The zero-order chi connectivity index (χ0) is 14.7. The van der Waals surface area contributed by atoms with Gasteiger partial charge in [-0.05, 0) is 50.2 Å². The third-order valence-electron chi connectivity index (χ3n) is 2.93. The van der Waals surface area contributed by atoms with Crippen molar-refractivity contribution in [3.63, 3.8) is 0 Å². The monoisotopic (exact) mass is 289 g/mol. The van der Waals surface area contributed by atoms with Crippen molar-refractivity contribution in [3.05, 3.63) is 41.0 Å². The maximum Gasteiger partial charge on any atom is 0.192 e. The molecule has 2 heterocycles. The summed E-state index contributed by atoms with van der Waals surface area (Å²) in [4.78, 5) is 13.7. The van der Waals surface area contributed by atoms with Gasteiger partial charge in [-0.2, -0.15) is 0 Å². The van der Waals surface area contributed by atoms with E-state index in [9.17, 15) is 0 Å². The van der Waals surface area contributed by atoms with Crippen LogP contribution in [0.2, 0.25) is 0 Å². The fourth-order valence-corrected chi connectivity index (χ4v) is 2.56. The number of oxime groups is 1. The molecule has 3 N–H and O–H groups in total. The Balaban J connectivity index is 2.41. The van der Waals surface area contributed by atoms with Crippen molar-refractivity contribution in [1.82, 2.24) is 15.0 Å². The summed E-state index contributed by atoms with van der Waals surface area (Å²) in [6, 6.07) is 3.61. The van der Waals surface area contributed by atoms with Crippen molar-refractivity contribution in [3.8, 4) is 0 Å². The number of aromatic nitrogens is 3. The summed E-state index contributed by atoms with van der Waals surface area (Å²) in [7, 11) is 0. The smallest absolute Gasteiger partial charge is 0.192 e. The van der Waals surface area contributed by atoms with Gasteiger partial charge in [0.15, 0.2) is 11.0 Å². The van der Waals surface area contributed by atoms with E-state index in [0.717, 1.165) is 21.8 Å². The molecule has 0 aliphatic heterocycles. The molecule has 2 aromatic heterocycles. The Morgan fingerprint density at radius 1 is 1.25 bits per heavy atom. The molecule has 2 rings (SSSR count). The van der Waals surface area contributed by atoms with Gasteiger partial charge in [0.25, 0.3) is 0 Å². The highest BCUT2D eigenvalue weighted by atomic mass is 32.2. The minimum Gasteiger partial charge on any atom is -0.409 e. The largest absolute Gasteiger partial charge is 0.409 e. The normalized spacial score (nSPS) is 11.7. The summed E-state index contributed by atoms with van der Waals surface area (Å²) in [5.74, 6) is -0.0337. The second kappa shape index (κ2) is 5.87. The molecule has 20 heavy (non-hydrogen) atoms. The first-order chi connectivity index (χ1) is 9.52. The van der Waals surface area contributed by atoms with Crippen LogP contribution in [0.4, 0.5) is 0 Å². The molecule has 2 aromatic rings. The lowest BCUT2D eigenvalue weighted by molar-refractivity contribution is 0.318. The number of aryl methyl sites for hydroxylation is 2. The lowest BCUT2D eigenvalue weighted by atomic mass is 10.2. The van der Waals surface area contributed by atoms with Gasteiger partial charge in [-0.25, -0.2) is 9.97 Å². The van der Waals surface area contributed by atoms with E-state index < -0.39 is 0 Å². The Hall–Kier alpha value is -2.15. The third-order valence-corrected chi connectivity index (χ3v) is 3.85. The molecule has 0 unspecified atom stereocenters. The van der Waals surface area contributed by atoms with Crippen molar-refractivity contribution in [2.75, 3.05) is 0 Å². The van der Waals surface area contributed by atoms with Gasteiger partial charge in [0.1, 0.15) is 5.69 Å². The van der Waals surface area contributed by atoms with Gasteiger partial charge in [0.2, 0.25) is 0 Å². The number of nitrogens with two attached hydrogens (primary N) is 1. The maximum absolute atomic E-state index is 8.79. The quantitative estimate of drug-likeness (QED) is 0.295. The molecule has 104 valence electrons. The maximum atomic E-state index is 8.79. The fourth-order valence-electron chi connectivity index (χ4n) is 1.60. The van der Waals surface area contributed by atoms with Crippen LogP contribution in [0, 0.1) is 20.8 Å². The predicted molar refractivity (Wildman–Crippen MR) is 77.1 cm³/mol. The Morgan fingerprint density at radius 3 is 2.50 bits per heavy atom. The van der Waals surface area contributed by atoms with Crippen molar-refractivity contribution in [2.45, 2.75) is 30.8 Å². The zero-order valence-corrected chi connectivity index (χ0v) is 12.3. The van der Waals surface area contributed by atoms with Crippen LogP contribution in [-0.2, 0) is 0 Å². The summed E-state index contributed by atoms with van der Waals surface area (Å²) in [5, 5.41) is 12.4. The minimum absolute atomic E-state index is 0.0337. The molecule has 7 heteroatoms.